The van der Waals surface area contributed by atoms with Crippen LogP contribution >= 0.6 is 0 Å². The predicted molar refractivity (Wildman–Crippen MR) is 256 cm³/mol. The Balaban J connectivity index is 1.13. The average molecular weight is 786 g/mol. The molecule has 0 bridgehead atoms. The number of rotatable bonds is 6. The number of fused-ring (bicyclic) bond motifs is 9. The van der Waals surface area contributed by atoms with E-state index in [1.807, 2.05) is 4.90 Å². The fourth-order valence-corrected chi connectivity index (χ4v) is 11.2. The van der Waals surface area contributed by atoms with Crippen LogP contribution in [0.2, 0.25) is 0 Å². The first kappa shape index (κ1) is 31.9. The predicted octanol–water partition coefficient (Wildman–Crippen LogP) is 15.4. The van der Waals surface area contributed by atoms with Crippen molar-refractivity contribution in [2.24, 2.45) is 0 Å². The summed E-state index contributed by atoms with van der Waals surface area (Å²) in [4.78, 5) is 2.00. The summed E-state index contributed by atoms with van der Waals surface area (Å²) < 4.78 is 39.9. The van der Waals surface area contributed by atoms with E-state index in [9.17, 15) is 5.48 Å². The average Bonchev–Trinajstić information content (AvgIpc) is 3.77. The lowest BCUT2D eigenvalue weighted by Crippen LogP contribution is -2.28. The lowest BCUT2D eigenvalue weighted by molar-refractivity contribution is 0.660. The van der Waals surface area contributed by atoms with Gasteiger partial charge in [0.25, 0.3) is 0 Å². The van der Waals surface area contributed by atoms with Gasteiger partial charge in [-0.05, 0) is 157 Å². The van der Waals surface area contributed by atoms with Gasteiger partial charge in [0, 0.05) is 22.5 Å². The molecule has 4 aliphatic carbocycles. The van der Waals surface area contributed by atoms with Crippen molar-refractivity contribution in [2.45, 2.75) is 50.4 Å². The topological polar surface area (TPSA) is 3.24 Å². The molecule has 0 N–H and O–H groups in total. The number of benzene rings is 8. The van der Waals surface area contributed by atoms with Gasteiger partial charge in [-0.15, -0.1) is 0 Å². The van der Waals surface area contributed by atoms with E-state index in [4.69, 9.17) is 0 Å². The van der Waals surface area contributed by atoms with E-state index >= 15 is 0 Å². The maximum atomic E-state index is 10.1. The summed E-state index contributed by atoms with van der Waals surface area (Å²) in [5, 5.41) is 0. The summed E-state index contributed by atoms with van der Waals surface area (Å²) >= 11 is 0. The van der Waals surface area contributed by atoms with E-state index < -0.39 is 5.41 Å². The van der Waals surface area contributed by atoms with Crippen molar-refractivity contribution >= 4 is 29.2 Å². The van der Waals surface area contributed by atoms with Crippen molar-refractivity contribution in [3.63, 3.8) is 0 Å². The van der Waals surface area contributed by atoms with Gasteiger partial charge in [0.05, 0.1) is 10.9 Å². The van der Waals surface area contributed by atoms with Gasteiger partial charge in [0.2, 0.25) is 0 Å². The van der Waals surface area contributed by atoms with Crippen LogP contribution in [-0.4, -0.2) is 0 Å². The second-order valence-electron chi connectivity index (χ2n) is 17.5. The van der Waals surface area contributed by atoms with Crippen molar-refractivity contribution in [3.05, 3.63) is 244 Å². The minimum absolute atomic E-state index is 0.0442. The number of hydrogen-bond donors (Lipinski definition) is 0. The summed E-state index contributed by atoms with van der Waals surface area (Å²) in [6, 6.07) is 53.6. The third-order valence-corrected chi connectivity index (χ3v) is 14.0. The molecule has 0 aromatic heterocycles. The lowest BCUT2D eigenvalue weighted by Gasteiger charge is -2.35. The highest BCUT2D eigenvalue weighted by Crippen LogP contribution is 2.58. The zero-order valence-corrected chi connectivity index (χ0v) is 34.5. The number of anilines is 3. The van der Waals surface area contributed by atoms with E-state index in [1.54, 1.807) is 0 Å². The van der Waals surface area contributed by atoms with Crippen LogP contribution in [0.5, 0.6) is 0 Å². The number of allylic oxidation sites excluding steroid dienone is 2. The van der Waals surface area contributed by atoms with Crippen molar-refractivity contribution in [1.82, 2.24) is 0 Å². The summed E-state index contributed by atoms with van der Waals surface area (Å²) in [6.07, 6.45) is 12.5. The zero-order valence-electron chi connectivity index (χ0n) is 38.5. The van der Waals surface area contributed by atoms with E-state index in [0.717, 1.165) is 87.1 Å². The molecule has 61 heavy (non-hydrogen) atoms. The van der Waals surface area contributed by atoms with Gasteiger partial charge < -0.3 is 4.90 Å². The van der Waals surface area contributed by atoms with Crippen LogP contribution in [0, 0.1) is 0 Å². The van der Waals surface area contributed by atoms with E-state index in [1.165, 1.54) is 33.4 Å². The summed E-state index contributed by atoms with van der Waals surface area (Å²) in [7, 11) is 0. The molecule has 0 spiro atoms. The second-order valence-corrected chi connectivity index (χ2v) is 17.5. The number of nitrogens with zero attached hydrogens (tertiary/aromatic N) is 1. The van der Waals surface area contributed by atoms with Gasteiger partial charge in [0.1, 0.15) is 0 Å². The number of hydrogen-bond acceptors (Lipinski definition) is 1. The highest BCUT2D eigenvalue weighted by Gasteiger charge is 2.46. The van der Waals surface area contributed by atoms with E-state index in [-0.39, 0.29) is 35.3 Å². The van der Waals surface area contributed by atoms with Crippen LogP contribution in [0.3, 0.4) is 0 Å². The maximum Gasteiger partial charge on any atom is 0.0714 e. The summed E-state index contributed by atoms with van der Waals surface area (Å²) in [5.41, 5.74) is 18.3. The SMILES string of the molecule is [2H]c1c([2H])c(N(c2ccc3c(c2)C(C)(C)c2ccccc2-3)c2ccc3c(c2)C(c2ccccc2)(c2ccccc2)c2ccccc2-3)c([2H])c([2H])c1-c1cc2c(c3c1C=CCC3)CCC=C2. The molecule has 292 valence electrons. The largest absolute Gasteiger partial charge is 0.310 e. The molecule has 0 amide bonds. The Morgan fingerprint density at radius 1 is 0.459 bits per heavy atom. The van der Waals surface area contributed by atoms with Gasteiger partial charge in [0.15, 0.2) is 0 Å². The fraction of sp³-hybridized carbons (Fsp3) is 0.133. The van der Waals surface area contributed by atoms with Crippen LogP contribution in [0.1, 0.15) is 87.8 Å². The molecular weight excluding hydrogens is 735 g/mol. The highest BCUT2D eigenvalue weighted by molar-refractivity contribution is 5.91. The molecule has 0 saturated carbocycles. The fourth-order valence-electron chi connectivity index (χ4n) is 11.2. The molecule has 0 atom stereocenters. The Kier molecular flexibility index (Phi) is 7.21. The third kappa shape index (κ3) is 5.33. The molecule has 4 aliphatic rings. The van der Waals surface area contributed by atoms with Gasteiger partial charge in [-0.3, -0.25) is 0 Å². The van der Waals surface area contributed by atoms with E-state index in [2.05, 4.69) is 190 Å². The van der Waals surface area contributed by atoms with Crippen molar-refractivity contribution < 1.29 is 5.48 Å². The molecule has 0 heterocycles. The van der Waals surface area contributed by atoms with Crippen LogP contribution in [0.15, 0.2) is 188 Å². The first-order valence-corrected chi connectivity index (χ1v) is 21.7. The molecular formula is C60H47N. The molecule has 8 aromatic carbocycles. The molecule has 12 rings (SSSR count). The van der Waals surface area contributed by atoms with E-state index in [0.29, 0.717) is 5.56 Å². The van der Waals surface area contributed by atoms with Crippen LogP contribution in [-0.2, 0) is 23.7 Å². The van der Waals surface area contributed by atoms with Crippen LogP contribution < -0.4 is 4.90 Å². The van der Waals surface area contributed by atoms with Gasteiger partial charge in [-0.1, -0.05) is 172 Å². The Morgan fingerprint density at radius 2 is 1.00 bits per heavy atom. The highest BCUT2D eigenvalue weighted by atomic mass is 15.1. The third-order valence-electron chi connectivity index (χ3n) is 14.0. The quantitative estimate of drug-likeness (QED) is 0.162. The smallest absolute Gasteiger partial charge is 0.0714 e. The Hall–Kier alpha value is -6.96. The molecule has 0 aliphatic heterocycles. The molecule has 0 fully saturated rings. The normalized spacial score (nSPS) is 16.5. The minimum Gasteiger partial charge on any atom is -0.310 e. The molecule has 0 radical (unpaired) electrons. The lowest BCUT2D eigenvalue weighted by atomic mass is 9.67. The van der Waals surface area contributed by atoms with Gasteiger partial charge in [-0.2, -0.15) is 0 Å². The van der Waals surface area contributed by atoms with Gasteiger partial charge >= 0.3 is 0 Å². The summed E-state index contributed by atoms with van der Waals surface area (Å²) in [6.45, 7) is 4.53. The first-order valence-electron chi connectivity index (χ1n) is 23.7. The van der Waals surface area contributed by atoms with Crippen molar-refractivity contribution in [2.75, 3.05) is 4.90 Å². The Morgan fingerprint density at radius 3 is 1.69 bits per heavy atom. The first-order chi connectivity index (χ1) is 31.7. The van der Waals surface area contributed by atoms with Crippen molar-refractivity contribution in [1.29, 1.82) is 0 Å². The Labute approximate surface area is 365 Å². The second kappa shape index (κ2) is 13.8. The van der Waals surface area contributed by atoms with Crippen LogP contribution in [0.25, 0.3) is 45.5 Å². The van der Waals surface area contributed by atoms with Crippen molar-refractivity contribution in [3.8, 4) is 33.4 Å². The minimum atomic E-state index is -0.677. The van der Waals surface area contributed by atoms with Gasteiger partial charge in [-0.25, -0.2) is 0 Å². The molecule has 1 heteroatoms. The molecule has 0 saturated heterocycles. The molecule has 8 aromatic rings. The van der Waals surface area contributed by atoms with Crippen LogP contribution in [0.4, 0.5) is 17.1 Å². The molecule has 0 unspecified atom stereocenters. The maximum absolute atomic E-state index is 10.1. The summed E-state index contributed by atoms with van der Waals surface area (Å²) in [5.74, 6) is 0. The standard InChI is InChI=1S/C60H47N/c1-59(2)55-27-15-13-25-50(55)52-35-33-45(38-57(52)59)61(44-31-29-40(30-32-44)54-37-41-17-9-10-22-47(41)48-23-11-12-24-49(48)54)46-34-36-53-51-26-14-16-28-56(51)60(58(53)39-46,42-18-5-3-6-19-42)43-20-7-4-8-21-43/h3-9,12-21,24-39H,10-11,22-23H2,1-2H3/i29D,30D,31D,32D. The zero-order chi connectivity index (χ0) is 44.2. The monoisotopic (exact) mass is 785 g/mol. The Bertz CT molecular complexity index is 3270. The molecule has 1 nitrogen and oxygen atoms in total.